The molecule has 7 heteroatoms. The van der Waals surface area contributed by atoms with Gasteiger partial charge in [0.1, 0.15) is 0 Å². The molecule has 0 bridgehead atoms. The number of carbonyl (C=O) groups excluding carboxylic acids is 2. The number of amides is 2. The lowest BCUT2D eigenvalue weighted by atomic mass is 10.1. The predicted octanol–water partition coefficient (Wildman–Crippen LogP) is 3.20. The first-order valence-electron chi connectivity index (χ1n) is 10.9. The predicted molar refractivity (Wildman–Crippen MR) is 122 cm³/mol. The number of nitrogens with zero attached hydrogens (tertiary/aromatic N) is 1. The van der Waals surface area contributed by atoms with E-state index in [4.69, 9.17) is 14.2 Å². The molecular weight excluding hydrogens is 408 g/mol. The van der Waals surface area contributed by atoms with Crippen molar-refractivity contribution in [1.82, 2.24) is 10.2 Å². The Kier molecular flexibility index (Phi) is 8.11. The van der Waals surface area contributed by atoms with Gasteiger partial charge in [0.25, 0.3) is 5.91 Å². The highest BCUT2D eigenvalue weighted by Crippen LogP contribution is 2.28. The molecule has 2 aromatic rings. The minimum absolute atomic E-state index is 0.0116. The van der Waals surface area contributed by atoms with Gasteiger partial charge in [-0.3, -0.25) is 9.59 Å². The summed E-state index contributed by atoms with van der Waals surface area (Å²) in [7, 11) is 3.19. The van der Waals surface area contributed by atoms with E-state index in [2.05, 4.69) is 5.32 Å². The second kappa shape index (κ2) is 11.0. The molecular formula is C25H32N2O5. The second-order valence-electron chi connectivity index (χ2n) is 8.13. The van der Waals surface area contributed by atoms with E-state index in [0.717, 1.165) is 11.1 Å². The summed E-state index contributed by atoms with van der Waals surface area (Å²) in [6.07, 6.45) is 1.06. The van der Waals surface area contributed by atoms with Gasteiger partial charge in [-0.2, -0.15) is 0 Å². The largest absolute Gasteiger partial charge is 0.493 e. The molecule has 0 aromatic heterocycles. The van der Waals surface area contributed by atoms with Crippen molar-refractivity contribution in [3.8, 4) is 11.5 Å². The number of rotatable bonds is 8. The highest BCUT2D eigenvalue weighted by molar-refractivity contribution is 5.94. The first kappa shape index (κ1) is 23.6. The van der Waals surface area contributed by atoms with Gasteiger partial charge in [-0.25, -0.2) is 0 Å². The lowest BCUT2D eigenvalue weighted by Crippen LogP contribution is -2.48. The number of benzene rings is 2. The van der Waals surface area contributed by atoms with Gasteiger partial charge in [0.05, 0.1) is 26.4 Å². The van der Waals surface area contributed by atoms with E-state index in [9.17, 15) is 9.59 Å². The average Bonchev–Trinajstić information content (AvgIpc) is 2.80. The van der Waals surface area contributed by atoms with Crippen molar-refractivity contribution in [3.05, 3.63) is 59.2 Å². The fourth-order valence-electron chi connectivity index (χ4n) is 3.87. The zero-order valence-corrected chi connectivity index (χ0v) is 19.2. The van der Waals surface area contributed by atoms with Gasteiger partial charge in [0, 0.05) is 31.6 Å². The molecule has 1 N–H and O–H groups in total. The van der Waals surface area contributed by atoms with Crippen molar-refractivity contribution < 1.29 is 23.8 Å². The second-order valence-corrected chi connectivity index (χ2v) is 8.13. The Morgan fingerprint density at radius 2 is 1.59 bits per heavy atom. The number of aryl methyl sites for hydroxylation is 1. The van der Waals surface area contributed by atoms with Crippen molar-refractivity contribution in [2.24, 2.45) is 0 Å². The van der Waals surface area contributed by atoms with Crippen molar-refractivity contribution in [2.45, 2.75) is 45.4 Å². The van der Waals surface area contributed by atoms with Gasteiger partial charge in [0.2, 0.25) is 5.91 Å². The first-order valence-corrected chi connectivity index (χ1v) is 10.9. The fraction of sp³-hybridized carbons (Fsp3) is 0.440. The quantitative estimate of drug-likeness (QED) is 0.682. The Morgan fingerprint density at radius 1 is 0.969 bits per heavy atom. The van der Waals surface area contributed by atoms with E-state index in [1.807, 2.05) is 61.2 Å². The lowest BCUT2D eigenvalue weighted by molar-refractivity contribution is -0.121. The molecule has 2 atom stereocenters. The molecule has 1 aliphatic heterocycles. The Hall–Kier alpha value is -3.06. The normalized spacial score (nSPS) is 18.2. The number of methoxy groups -OCH3 is 2. The van der Waals surface area contributed by atoms with Gasteiger partial charge >= 0.3 is 0 Å². The van der Waals surface area contributed by atoms with Crippen LogP contribution in [0.25, 0.3) is 0 Å². The summed E-state index contributed by atoms with van der Waals surface area (Å²) in [5, 5.41) is 2.94. The molecule has 0 radical (unpaired) electrons. The van der Waals surface area contributed by atoms with Crippen molar-refractivity contribution >= 4 is 11.8 Å². The standard InChI is InChI=1S/C25H32N2O5/c1-17-15-27(16-18(2)32-17)25(29)21-9-5-20(6-10-21)14-26-24(28)12-8-19-7-11-22(30-3)23(13-19)31-4/h5-7,9-11,13,17-18H,8,12,14-16H2,1-4H3,(H,26,28). The van der Waals surface area contributed by atoms with Crippen LogP contribution in [0.1, 0.15) is 41.8 Å². The van der Waals surface area contributed by atoms with Crippen LogP contribution in [-0.2, 0) is 22.5 Å². The van der Waals surface area contributed by atoms with Crippen LogP contribution in [0.15, 0.2) is 42.5 Å². The molecule has 2 aromatic carbocycles. The van der Waals surface area contributed by atoms with E-state index in [0.29, 0.717) is 49.5 Å². The Balaban J connectivity index is 1.47. The van der Waals surface area contributed by atoms with Crippen LogP contribution in [0.4, 0.5) is 0 Å². The number of hydrogen-bond acceptors (Lipinski definition) is 5. The number of morpholine rings is 1. The van der Waals surface area contributed by atoms with Crippen LogP contribution in [-0.4, -0.2) is 56.2 Å². The third kappa shape index (κ3) is 6.23. The Labute approximate surface area is 189 Å². The summed E-state index contributed by atoms with van der Waals surface area (Å²) in [4.78, 5) is 26.9. The Morgan fingerprint density at radius 3 is 2.22 bits per heavy atom. The molecule has 2 amide bonds. The maximum Gasteiger partial charge on any atom is 0.254 e. The SMILES string of the molecule is COc1ccc(CCC(=O)NCc2ccc(C(=O)N3CC(C)OC(C)C3)cc2)cc1OC. The van der Waals surface area contributed by atoms with Crippen LogP contribution in [0.3, 0.4) is 0 Å². The zero-order valence-electron chi connectivity index (χ0n) is 19.2. The van der Waals surface area contributed by atoms with Gasteiger partial charge in [-0.15, -0.1) is 0 Å². The van der Waals surface area contributed by atoms with Crippen LogP contribution < -0.4 is 14.8 Å². The molecule has 1 aliphatic rings. The van der Waals surface area contributed by atoms with E-state index >= 15 is 0 Å². The van der Waals surface area contributed by atoms with E-state index in [1.165, 1.54) is 0 Å². The monoisotopic (exact) mass is 440 g/mol. The fourth-order valence-corrected chi connectivity index (χ4v) is 3.87. The summed E-state index contributed by atoms with van der Waals surface area (Å²) in [5.74, 6) is 1.30. The van der Waals surface area contributed by atoms with Crippen molar-refractivity contribution in [2.75, 3.05) is 27.3 Å². The molecule has 3 rings (SSSR count). The molecule has 1 saturated heterocycles. The van der Waals surface area contributed by atoms with Gasteiger partial charge in [-0.05, 0) is 55.7 Å². The molecule has 0 spiro atoms. The maximum atomic E-state index is 12.8. The lowest BCUT2D eigenvalue weighted by Gasteiger charge is -2.35. The van der Waals surface area contributed by atoms with E-state index in [1.54, 1.807) is 14.2 Å². The van der Waals surface area contributed by atoms with Gasteiger partial charge in [0.15, 0.2) is 11.5 Å². The minimum atomic E-state index is -0.0313. The van der Waals surface area contributed by atoms with E-state index < -0.39 is 0 Å². The summed E-state index contributed by atoms with van der Waals surface area (Å²) in [6, 6.07) is 13.1. The minimum Gasteiger partial charge on any atom is -0.493 e. The number of ether oxygens (including phenoxy) is 3. The highest BCUT2D eigenvalue weighted by atomic mass is 16.5. The average molecular weight is 441 g/mol. The molecule has 1 heterocycles. The molecule has 0 aliphatic carbocycles. The number of carbonyl (C=O) groups is 2. The van der Waals surface area contributed by atoms with Crippen LogP contribution in [0.2, 0.25) is 0 Å². The highest BCUT2D eigenvalue weighted by Gasteiger charge is 2.26. The van der Waals surface area contributed by atoms with Crippen LogP contribution in [0.5, 0.6) is 11.5 Å². The zero-order chi connectivity index (χ0) is 23.1. The molecule has 32 heavy (non-hydrogen) atoms. The third-order valence-electron chi connectivity index (χ3n) is 5.49. The number of nitrogens with one attached hydrogen (secondary N) is 1. The Bertz CT molecular complexity index is 918. The van der Waals surface area contributed by atoms with E-state index in [-0.39, 0.29) is 24.0 Å². The van der Waals surface area contributed by atoms with Gasteiger partial charge < -0.3 is 24.4 Å². The van der Waals surface area contributed by atoms with Crippen molar-refractivity contribution in [1.29, 1.82) is 0 Å². The first-order chi connectivity index (χ1) is 15.4. The van der Waals surface area contributed by atoms with Gasteiger partial charge in [-0.1, -0.05) is 18.2 Å². The smallest absolute Gasteiger partial charge is 0.254 e. The molecule has 2 unspecified atom stereocenters. The molecule has 1 fully saturated rings. The van der Waals surface area contributed by atoms with Crippen molar-refractivity contribution in [3.63, 3.8) is 0 Å². The molecule has 172 valence electrons. The third-order valence-corrected chi connectivity index (χ3v) is 5.49. The topological polar surface area (TPSA) is 77.1 Å². The summed E-state index contributed by atoms with van der Waals surface area (Å²) in [6.45, 7) is 5.58. The summed E-state index contributed by atoms with van der Waals surface area (Å²) < 4.78 is 16.2. The number of hydrogen-bond donors (Lipinski definition) is 1. The van der Waals surface area contributed by atoms with Crippen LogP contribution >= 0.6 is 0 Å². The molecule has 0 saturated carbocycles. The van der Waals surface area contributed by atoms with Crippen LogP contribution in [0, 0.1) is 0 Å². The summed E-state index contributed by atoms with van der Waals surface area (Å²) >= 11 is 0. The summed E-state index contributed by atoms with van der Waals surface area (Å²) in [5.41, 5.74) is 2.60. The molecule has 7 nitrogen and oxygen atoms in total. The maximum absolute atomic E-state index is 12.8.